The van der Waals surface area contributed by atoms with Crippen LogP contribution in [0.4, 0.5) is 0 Å². The molecule has 2 heterocycles. The van der Waals surface area contributed by atoms with Crippen molar-refractivity contribution in [2.24, 2.45) is 71.0 Å². The molecule has 5 fully saturated rings. The summed E-state index contributed by atoms with van der Waals surface area (Å²) in [4.78, 5) is 31.0. The van der Waals surface area contributed by atoms with E-state index in [1.54, 1.807) is 0 Å². The lowest BCUT2D eigenvalue weighted by molar-refractivity contribution is -0.138. The minimum absolute atomic E-state index is 0. The maximum atomic E-state index is 10.6. The first-order valence-corrected chi connectivity index (χ1v) is 36.2. The van der Waals surface area contributed by atoms with Gasteiger partial charge in [0.25, 0.3) is 0 Å². The normalized spacial score (nSPS) is 26.4. The average molecular weight is 1340 g/mol. The van der Waals surface area contributed by atoms with Gasteiger partial charge in [-0.25, -0.2) is 0 Å². The fraction of sp³-hybridized carbons (Fsp3) is 0.688. The van der Waals surface area contributed by atoms with Crippen molar-refractivity contribution < 1.29 is 71.5 Å². The SMILES string of the molecule is C1CCOC1.CCCCCC(=O)O.C[C@@H](CCc1ccccc1)CC[C@@H]1[C@@H](C/C=C\CCCC(=O)O)[C@@H](C)C[C@H]1O.C[C@@H](CCc1ccccc1)CC[C@@H]1[C@@H](C/C=C\CCCC(=O)O)[C@@H](O)C[C@H]1C.C[C@@H](CCc1ccccc1)CC[C@@H]1[C@H]2CC(O)O[C@H]2C[C@H]1C.[Br-]. The molecule has 3 aromatic carbocycles. The molecule has 12 heteroatoms. The largest absolute Gasteiger partial charge is 1.00 e. The number of halogens is 1. The summed E-state index contributed by atoms with van der Waals surface area (Å²) < 4.78 is 10.6. The summed E-state index contributed by atoms with van der Waals surface area (Å²) in [6.45, 7) is 18.1. The van der Waals surface area contributed by atoms with Gasteiger partial charge in [-0.3, -0.25) is 14.4 Å². The first-order chi connectivity index (χ1) is 43.8. The molecule has 3 aliphatic carbocycles. The number of benzene rings is 3. The highest BCUT2D eigenvalue weighted by molar-refractivity contribution is 5.67. The smallest absolute Gasteiger partial charge is 0.303 e. The van der Waals surface area contributed by atoms with Crippen LogP contribution in [-0.2, 0) is 43.1 Å². The number of allylic oxidation sites excluding steroid dienone is 4. The number of aliphatic carboxylic acids is 3. The minimum atomic E-state index is -0.727. The Bertz CT molecular complexity index is 2280. The van der Waals surface area contributed by atoms with Crippen LogP contribution in [0.1, 0.15) is 239 Å². The third-order valence-electron chi connectivity index (χ3n) is 20.7. The predicted octanol–water partition coefficient (Wildman–Crippen LogP) is 15.6. The molecule has 3 aromatic rings. The van der Waals surface area contributed by atoms with E-state index in [4.69, 9.17) is 24.8 Å². The number of carbonyl (C=O) groups is 3. The second kappa shape index (κ2) is 48.5. The number of carboxylic acid groups (broad SMARTS) is 3. The van der Waals surface area contributed by atoms with Crippen molar-refractivity contribution in [3.8, 4) is 0 Å². The van der Waals surface area contributed by atoms with E-state index in [9.17, 15) is 29.7 Å². The number of ether oxygens (including phenoxy) is 2. The molecule has 0 aromatic heterocycles. The van der Waals surface area contributed by atoms with Crippen LogP contribution in [-0.4, -0.2) is 86.4 Å². The molecule has 11 nitrogen and oxygen atoms in total. The maximum Gasteiger partial charge on any atom is 0.303 e. The zero-order chi connectivity index (χ0) is 66.2. The Balaban J connectivity index is 0.000000327. The van der Waals surface area contributed by atoms with E-state index in [2.05, 4.69) is 164 Å². The molecule has 0 bridgehead atoms. The fourth-order valence-electron chi connectivity index (χ4n) is 15.0. The number of carboxylic acids is 3. The molecule has 520 valence electrons. The van der Waals surface area contributed by atoms with E-state index in [0.29, 0.717) is 78.6 Å². The number of aryl methyl sites for hydroxylation is 3. The van der Waals surface area contributed by atoms with Crippen molar-refractivity contribution in [1.82, 2.24) is 0 Å². The van der Waals surface area contributed by atoms with Crippen LogP contribution in [0, 0.1) is 71.0 Å². The third kappa shape index (κ3) is 34.5. The quantitative estimate of drug-likeness (QED) is 0.0246. The molecule has 6 N–H and O–H groups in total. The summed E-state index contributed by atoms with van der Waals surface area (Å²) in [5.41, 5.74) is 4.29. The van der Waals surface area contributed by atoms with Gasteiger partial charge in [-0.2, -0.15) is 0 Å². The van der Waals surface area contributed by atoms with Crippen molar-refractivity contribution in [2.45, 2.75) is 266 Å². The monoisotopic (exact) mass is 1340 g/mol. The van der Waals surface area contributed by atoms with Crippen LogP contribution in [0.25, 0.3) is 0 Å². The summed E-state index contributed by atoms with van der Waals surface area (Å²) in [5, 5.41) is 56.3. The molecule has 8 rings (SSSR count). The Morgan fingerprint density at radius 3 is 1.29 bits per heavy atom. The van der Waals surface area contributed by atoms with E-state index < -0.39 is 24.2 Å². The van der Waals surface area contributed by atoms with E-state index in [-0.39, 0.29) is 42.0 Å². The molecule has 92 heavy (non-hydrogen) atoms. The zero-order valence-corrected chi connectivity index (χ0v) is 59.5. The second-order valence-corrected chi connectivity index (χ2v) is 28.4. The van der Waals surface area contributed by atoms with Gasteiger partial charge in [-0.15, -0.1) is 0 Å². The molecule has 0 radical (unpaired) electrons. The highest BCUT2D eigenvalue weighted by Crippen LogP contribution is 2.48. The van der Waals surface area contributed by atoms with Gasteiger partial charge in [-0.1, -0.05) is 196 Å². The molecule has 5 aliphatic rings. The number of aliphatic hydroxyl groups excluding tert-OH is 3. The first-order valence-electron chi connectivity index (χ1n) is 36.2. The van der Waals surface area contributed by atoms with Crippen molar-refractivity contribution in [2.75, 3.05) is 13.2 Å². The molecular weight excluding hydrogens is 1220 g/mol. The molecule has 1 unspecified atom stereocenters. The van der Waals surface area contributed by atoms with E-state index in [1.165, 1.54) is 87.3 Å². The fourth-order valence-corrected chi connectivity index (χ4v) is 15.0. The average Bonchev–Trinajstić information content (AvgIpc) is 1.69. The highest BCUT2D eigenvalue weighted by atomic mass is 79.9. The lowest BCUT2D eigenvalue weighted by atomic mass is 9.81. The summed E-state index contributed by atoms with van der Waals surface area (Å²) in [5.74, 6) is 5.18. The third-order valence-corrected chi connectivity index (χ3v) is 20.7. The molecule has 2 saturated heterocycles. The van der Waals surface area contributed by atoms with Gasteiger partial charge in [0.2, 0.25) is 0 Å². The van der Waals surface area contributed by atoms with Crippen LogP contribution in [0.15, 0.2) is 115 Å². The number of unbranched alkanes of at least 4 members (excludes halogenated alkanes) is 4. The number of fused-ring (bicyclic) bond motifs is 1. The summed E-state index contributed by atoms with van der Waals surface area (Å²) in [6.07, 6.45) is 37.7. The molecule has 3 saturated carbocycles. The minimum Gasteiger partial charge on any atom is -1.00 e. The summed E-state index contributed by atoms with van der Waals surface area (Å²) in [6, 6.07) is 32.2. The van der Waals surface area contributed by atoms with Gasteiger partial charge < -0.3 is 57.1 Å². The number of hydrogen-bond donors (Lipinski definition) is 6. The van der Waals surface area contributed by atoms with Gasteiger partial charge in [0.1, 0.15) is 0 Å². The highest BCUT2D eigenvalue weighted by Gasteiger charge is 2.47. The van der Waals surface area contributed by atoms with Crippen molar-refractivity contribution >= 4 is 17.9 Å². The van der Waals surface area contributed by atoms with Crippen LogP contribution in [0.5, 0.6) is 0 Å². The lowest BCUT2D eigenvalue weighted by Gasteiger charge is -2.24. The van der Waals surface area contributed by atoms with Crippen molar-refractivity contribution in [1.29, 1.82) is 0 Å². The van der Waals surface area contributed by atoms with E-state index in [1.807, 2.05) is 0 Å². The Labute approximate surface area is 568 Å². The number of hydrogen-bond acceptors (Lipinski definition) is 8. The molecule has 2 aliphatic heterocycles. The summed E-state index contributed by atoms with van der Waals surface area (Å²) in [7, 11) is 0. The lowest BCUT2D eigenvalue weighted by Crippen LogP contribution is -3.00. The molecule has 0 spiro atoms. The van der Waals surface area contributed by atoms with Gasteiger partial charge in [0.15, 0.2) is 6.29 Å². The van der Waals surface area contributed by atoms with Crippen molar-refractivity contribution in [3.63, 3.8) is 0 Å². The van der Waals surface area contributed by atoms with E-state index in [0.717, 1.165) is 121 Å². The van der Waals surface area contributed by atoms with Crippen molar-refractivity contribution in [3.05, 3.63) is 132 Å². The van der Waals surface area contributed by atoms with Gasteiger partial charge in [0, 0.05) is 38.9 Å². The van der Waals surface area contributed by atoms with Crippen LogP contribution in [0.3, 0.4) is 0 Å². The maximum absolute atomic E-state index is 10.6. The molecular formula is C80H126BrO11-. The summed E-state index contributed by atoms with van der Waals surface area (Å²) >= 11 is 0. The van der Waals surface area contributed by atoms with Gasteiger partial charge in [-0.05, 0) is 223 Å². The second-order valence-electron chi connectivity index (χ2n) is 28.4. The van der Waals surface area contributed by atoms with Gasteiger partial charge in [0.05, 0.1) is 18.3 Å². The zero-order valence-electron chi connectivity index (χ0n) is 57.9. The first kappa shape index (κ1) is 82.1. The number of rotatable bonds is 34. The van der Waals surface area contributed by atoms with Crippen LogP contribution < -0.4 is 17.0 Å². The number of aliphatic hydroxyl groups is 3. The Hall–Kier alpha value is -4.17. The van der Waals surface area contributed by atoms with Crippen LogP contribution >= 0.6 is 0 Å². The predicted molar refractivity (Wildman–Crippen MR) is 372 cm³/mol. The Morgan fingerprint density at radius 2 is 0.870 bits per heavy atom. The molecule has 0 amide bonds. The topological polar surface area (TPSA) is 191 Å². The Morgan fingerprint density at radius 1 is 0.478 bits per heavy atom. The van der Waals surface area contributed by atoms with Gasteiger partial charge >= 0.3 is 17.9 Å². The standard InChI is InChI=1S/2C25H38O3.C20H30O2.C6H12O2.C4H8O.BrH/c1-19(14-16-21-10-6-5-7-11-21)15-17-22-20(2)18-24(26)23(22)12-8-3-4-9-13-25(27)28;1-19(14-16-21-10-6-5-7-11-21)15-17-23-22(20(2)18-24(23)26)12-8-3-4-9-13-25(27)28;1-14(8-10-16-6-4-3-5-7-16)9-11-17-15(2)12-19-18(17)13-20(21)22-19;1-2-3-4-5-6(7)8;1-2-4-5-3-1;/h2*3,5-8,10-11,19-20,22-24,26H,4,9,12-18H2,1-2H3,(H,27,28);3-7,14-15,17-21H,8-13H2,1-2H3;2-5H2,1H3,(H,7,8);1-4H2;1H/p-1/b2*8-3-;;;;/t19-,20+,22-,23+,24-;19-,20-,22-,23+,24+;14-,15+,17-,18+,19-,20?;;;/m000.../s1. The van der Waals surface area contributed by atoms with E-state index >= 15 is 0 Å². The van der Waals surface area contributed by atoms with Crippen LogP contribution in [0.2, 0.25) is 0 Å². The Kier molecular flexibility index (Phi) is 43.3. The molecule has 16 atom stereocenters.